The lowest BCUT2D eigenvalue weighted by molar-refractivity contribution is -0.125. The summed E-state index contributed by atoms with van der Waals surface area (Å²) < 4.78 is 7.56. The number of aryl methyl sites for hydroxylation is 2. The highest BCUT2D eigenvalue weighted by Gasteiger charge is 2.29. The number of aromatic nitrogens is 3. The van der Waals surface area contributed by atoms with Gasteiger partial charge in [-0.1, -0.05) is 12.1 Å². The van der Waals surface area contributed by atoms with Gasteiger partial charge in [-0.2, -0.15) is 5.10 Å². The Morgan fingerprint density at radius 2 is 2.16 bits per heavy atom. The van der Waals surface area contributed by atoms with E-state index in [0.29, 0.717) is 19.7 Å². The number of rotatable bonds is 6. The van der Waals surface area contributed by atoms with Gasteiger partial charge in [-0.15, -0.1) is 0 Å². The molecule has 1 aromatic carbocycles. The first kappa shape index (κ1) is 20.8. The van der Waals surface area contributed by atoms with Crippen LogP contribution in [0.25, 0.3) is 5.52 Å². The van der Waals surface area contributed by atoms with E-state index < -0.39 is 0 Å². The summed E-state index contributed by atoms with van der Waals surface area (Å²) in [6.07, 6.45) is 10.2. The molecule has 0 bridgehead atoms. The first-order chi connectivity index (χ1) is 15.7. The molecular formula is C25H31N5O2. The molecule has 1 aliphatic heterocycles. The number of benzene rings is 1. The molecule has 0 unspecified atom stereocenters. The Labute approximate surface area is 188 Å². The minimum Gasteiger partial charge on any atom is -0.494 e. The van der Waals surface area contributed by atoms with Crippen molar-refractivity contribution in [3.63, 3.8) is 0 Å². The van der Waals surface area contributed by atoms with Crippen LogP contribution < -0.4 is 15.0 Å². The van der Waals surface area contributed by atoms with Gasteiger partial charge in [0.05, 0.1) is 18.2 Å². The van der Waals surface area contributed by atoms with Crippen molar-refractivity contribution in [1.82, 2.24) is 19.9 Å². The number of fused-ring (bicyclic) bond motifs is 3. The summed E-state index contributed by atoms with van der Waals surface area (Å²) in [6.45, 7) is 4.73. The normalized spacial score (nSPS) is 18.4. The quantitative estimate of drug-likeness (QED) is 0.644. The summed E-state index contributed by atoms with van der Waals surface area (Å²) in [4.78, 5) is 20.0. The fourth-order valence-corrected chi connectivity index (χ4v) is 5.01. The molecule has 1 amide bonds. The zero-order chi connectivity index (χ0) is 21.9. The van der Waals surface area contributed by atoms with Gasteiger partial charge >= 0.3 is 0 Å². The third-order valence-electron chi connectivity index (χ3n) is 6.57. The van der Waals surface area contributed by atoms with Crippen molar-refractivity contribution < 1.29 is 9.53 Å². The Morgan fingerprint density at radius 3 is 3.06 bits per heavy atom. The van der Waals surface area contributed by atoms with Gasteiger partial charge in [-0.25, -0.2) is 9.50 Å². The third-order valence-corrected chi connectivity index (χ3v) is 6.57. The summed E-state index contributed by atoms with van der Waals surface area (Å²) in [6, 6.07) is 7.91. The monoisotopic (exact) mass is 433 g/mol. The van der Waals surface area contributed by atoms with Crippen LogP contribution >= 0.6 is 0 Å². The Morgan fingerprint density at radius 1 is 1.25 bits per heavy atom. The van der Waals surface area contributed by atoms with E-state index in [1.54, 1.807) is 0 Å². The molecule has 0 radical (unpaired) electrons. The number of ether oxygens (including phenoxy) is 1. The topological polar surface area (TPSA) is 71.8 Å². The average Bonchev–Trinajstić information content (AvgIpc) is 3.22. The second kappa shape index (κ2) is 9.18. The van der Waals surface area contributed by atoms with E-state index in [0.717, 1.165) is 54.9 Å². The number of carbonyl (C=O) groups excluding carboxylic acids is 1. The maximum atomic E-state index is 13.0. The zero-order valence-electron chi connectivity index (χ0n) is 18.7. The average molecular weight is 434 g/mol. The van der Waals surface area contributed by atoms with Crippen LogP contribution in [-0.2, 0) is 24.2 Å². The number of nitrogens with one attached hydrogen (secondary N) is 1. The van der Waals surface area contributed by atoms with Gasteiger partial charge in [0.25, 0.3) is 0 Å². The number of hydrogen-bond acceptors (Lipinski definition) is 5. The molecular weight excluding hydrogens is 402 g/mol. The van der Waals surface area contributed by atoms with Crippen molar-refractivity contribution >= 4 is 17.2 Å². The number of nitrogens with zero attached hydrogens (tertiary/aromatic N) is 4. The summed E-state index contributed by atoms with van der Waals surface area (Å²) in [5.41, 5.74) is 4.75. The second-order valence-electron chi connectivity index (χ2n) is 8.76. The Kier molecular flexibility index (Phi) is 5.97. The molecule has 1 fully saturated rings. The highest BCUT2D eigenvalue weighted by molar-refractivity contribution is 5.81. The van der Waals surface area contributed by atoms with E-state index in [9.17, 15) is 4.79 Å². The highest BCUT2D eigenvalue weighted by Crippen LogP contribution is 2.32. The minimum atomic E-state index is -0.0420. The van der Waals surface area contributed by atoms with Crippen molar-refractivity contribution in [2.45, 2.75) is 52.0 Å². The molecule has 2 aliphatic rings. The minimum absolute atomic E-state index is 0.0420. The molecule has 168 valence electrons. The maximum Gasteiger partial charge on any atom is 0.225 e. The molecule has 3 heterocycles. The van der Waals surface area contributed by atoms with Crippen molar-refractivity contribution in [3.05, 3.63) is 53.5 Å². The van der Waals surface area contributed by atoms with E-state index in [1.165, 1.54) is 24.1 Å². The fraction of sp³-hybridized carbons (Fsp3) is 0.480. The Hall–Kier alpha value is -3.09. The van der Waals surface area contributed by atoms with Crippen molar-refractivity contribution in [2.24, 2.45) is 5.92 Å². The van der Waals surface area contributed by atoms with Crippen LogP contribution in [0.2, 0.25) is 0 Å². The number of anilines is 1. The fourth-order valence-electron chi connectivity index (χ4n) is 5.01. The lowest BCUT2D eigenvalue weighted by Gasteiger charge is -2.33. The first-order valence-corrected chi connectivity index (χ1v) is 11.8. The van der Waals surface area contributed by atoms with Gasteiger partial charge < -0.3 is 15.0 Å². The largest absolute Gasteiger partial charge is 0.494 e. The van der Waals surface area contributed by atoms with Crippen LogP contribution in [0.15, 0.2) is 36.7 Å². The van der Waals surface area contributed by atoms with Crippen molar-refractivity contribution in [3.8, 4) is 5.75 Å². The van der Waals surface area contributed by atoms with Crippen LogP contribution in [-0.4, -0.2) is 40.2 Å². The number of amides is 1. The lowest BCUT2D eigenvalue weighted by atomic mass is 9.95. The van der Waals surface area contributed by atoms with Crippen LogP contribution in [0.5, 0.6) is 5.75 Å². The van der Waals surface area contributed by atoms with Gasteiger partial charge in [0, 0.05) is 37.6 Å². The Balaban J connectivity index is 1.29. The standard InChI is InChI=1S/C25H31N5O2/c1-2-32-20-9-5-7-18(15-20)16-27-25(31)19-8-6-13-29(17-19)24-23-21-10-3-4-11-22(21)28-30(23)14-12-26-24/h5,7,9,12,14-15,19H,2-4,6,8,10-11,13,16-17H2,1H3,(H,27,31)/t19-/m0/s1. The molecule has 32 heavy (non-hydrogen) atoms. The molecule has 0 spiro atoms. The molecule has 7 nitrogen and oxygen atoms in total. The van der Waals surface area contributed by atoms with Crippen LogP contribution in [0, 0.1) is 5.92 Å². The van der Waals surface area contributed by atoms with Gasteiger partial charge in [0.15, 0.2) is 5.82 Å². The van der Waals surface area contributed by atoms with Crippen LogP contribution in [0.3, 0.4) is 0 Å². The van der Waals surface area contributed by atoms with E-state index in [1.807, 2.05) is 48.1 Å². The van der Waals surface area contributed by atoms with E-state index in [2.05, 4.69) is 10.2 Å². The molecule has 0 saturated carbocycles. The van der Waals surface area contributed by atoms with Gasteiger partial charge in [0.1, 0.15) is 11.3 Å². The van der Waals surface area contributed by atoms with Crippen LogP contribution in [0.4, 0.5) is 5.82 Å². The van der Waals surface area contributed by atoms with E-state index in [-0.39, 0.29) is 11.8 Å². The molecule has 1 N–H and O–H groups in total. The van der Waals surface area contributed by atoms with Gasteiger partial charge in [-0.05, 0) is 63.1 Å². The summed E-state index contributed by atoms with van der Waals surface area (Å²) in [7, 11) is 0. The zero-order valence-corrected chi connectivity index (χ0v) is 18.7. The number of piperidine rings is 1. The highest BCUT2D eigenvalue weighted by atomic mass is 16.5. The molecule has 1 aliphatic carbocycles. The maximum absolute atomic E-state index is 13.0. The molecule has 2 aromatic heterocycles. The molecule has 5 rings (SSSR count). The predicted molar refractivity (Wildman–Crippen MR) is 124 cm³/mol. The molecule has 1 saturated heterocycles. The first-order valence-electron chi connectivity index (χ1n) is 11.8. The molecule has 1 atom stereocenters. The van der Waals surface area contributed by atoms with Crippen molar-refractivity contribution in [2.75, 3.05) is 24.6 Å². The van der Waals surface area contributed by atoms with Crippen LogP contribution in [0.1, 0.15) is 49.4 Å². The van der Waals surface area contributed by atoms with E-state index >= 15 is 0 Å². The van der Waals surface area contributed by atoms with Crippen molar-refractivity contribution in [1.29, 1.82) is 0 Å². The third kappa shape index (κ3) is 4.16. The predicted octanol–water partition coefficient (Wildman–Crippen LogP) is 3.54. The summed E-state index contributed by atoms with van der Waals surface area (Å²) in [5, 5.41) is 7.94. The SMILES string of the molecule is CCOc1cccc(CNC(=O)[C@H]2CCCN(c3nccn4nc5c(c34)CCCC5)C2)c1. The molecule has 7 heteroatoms. The number of carbonyl (C=O) groups is 1. The molecule has 3 aromatic rings. The Bertz CT molecular complexity index is 1110. The summed E-state index contributed by atoms with van der Waals surface area (Å²) in [5.74, 6) is 1.88. The second-order valence-corrected chi connectivity index (χ2v) is 8.76. The van der Waals surface area contributed by atoms with E-state index in [4.69, 9.17) is 14.8 Å². The lowest BCUT2D eigenvalue weighted by Crippen LogP contribution is -2.43. The number of hydrogen-bond donors (Lipinski definition) is 1. The van der Waals surface area contributed by atoms with Gasteiger partial charge in [0.2, 0.25) is 5.91 Å². The van der Waals surface area contributed by atoms with Gasteiger partial charge in [-0.3, -0.25) is 4.79 Å². The smallest absolute Gasteiger partial charge is 0.225 e. The summed E-state index contributed by atoms with van der Waals surface area (Å²) >= 11 is 0.